The third kappa shape index (κ3) is 2.97. The first-order chi connectivity index (χ1) is 12.6. The van der Waals surface area contributed by atoms with E-state index in [1.807, 2.05) is 36.4 Å². The summed E-state index contributed by atoms with van der Waals surface area (Å²) in [6.45, 7) is 3.92. The number of rotatable bonds is 3. The fourth-order valence-corrected chi connectivity index (χ4v) is 5.02. The first-order valence-electron chi connectivity index (χ1n) is 8.83. The van der Waals surface area contributed by atoms with Gasteiger partial charge in [0.25, 0.3) is 0 Å². The highest BCUT2D eigenvalue weighted by atomic mass is 32.2. The van der Waals surface area contributed by atoms with E-state index in [1.165, 1.54) is 0 Å². The Morgan fingerprint density at radius 3 is 2.04 bits per heavy atom. The van der Waals surface area contributed by atoms with Crippen LogP contribution in [-0.4, -0.2) is 46.5 Å². The van der Waals surface area contributed by atoms with E-state index in [2.05, 4.69) is 16.8 Å². The molecule has 3 aromatic carbocycles. The molecular formula is C21H22N2O2S. The molecule has 0 N–H and O–H groups in total. The van der Waals surface area contributed by atoms with Crippen molar-refractivity contribution >= 4 is 26.3 Å². The Bertz CT molecular complexity index is 1020. The van der Waals surface area contributed by atoms with Crippen molar-refractivity contribution in [3.8, 4) is 0 Å². The van der Waals surface area contributed by atoms with Gasteiger partial charge in [-0.1, -0.05) is 42.5 Å². The predicted octanol–water partition coefficient (Wildman–Crippen LogP) is 3.42. The number of anilines is 1. The van der Waals surface area contributed by atoms with Crippen LogP contribution in [0.1, 0.15) is 0 Å². The lowest BCUT2D eigenvalue weighted by Gasteiger charge is -2.34. The Labute approximate surface area is 154 Å². The number of sulfone groups is 1. The molecule has 1 heterocycles. The monoisotopic (exact) mass is 366 g/mol. The average molecular weight is 366 g/mol. The molecule has 0 saturated carbocycles. The Morgan fingerprint density at radius 2 is 1.35 bits per heavy atom. The molecule has 134 valence electrons. The zero-order valence-electron chi connectivity index (χ0n) is 14.8. The minimum atomic E-state index is -3.55. The fraction of sp³-hybridized carbons (Fsp3) is 0.238. The Kier molecular flexibility index (Phi) is 4.42. The van der Waals surface area contributed by atoms with E-state index in [9.17, 15) is 8.42 Å². The summed E-state index contributed by atoms with van der Waals surface area (Å²) in [5.41, 5.74) is 1.11. The molecular weight excluding hydrogens is 344 g/mol. The van der Waals surface area contributed by atoms with E-state index >= 15 is 0 Å². The van der Waals surface area contributed by atoms with Crippen LogP contribution < -0.4 is 4.90 Å². The van der Waals surface area contributed by atoms with Crippen molar-refractivity contribution in [2.75, 3.05) is 38.1 Å². The molecule has 0 spiro atoms. The zero-order valence-corrected chi connectivity index (χ0v) is 15.6. The molecule has 0 aliphatic carbocycles. The largest absolute Gasteiger partial charge is 0.368 e. The Balaban J connectivity index is 1.85. The first kappa shape index (κ1) is 17.1. The molecule has 0 amide bonds. The van der Waals surface area contributed by atoms with Gasteiger partial charge >= 0.3 is 0 Å². The van der Waals surface area contributed by atoms with Gasteiger partial charge in [-0.3, -0.25) is 0 Å². The van der Waals surface area contributed by atoms with Gasteiger partial charge in [-0.2, -0.15) is 0 Å². The molecule has 4 rings (SSSR count). The number of fused-ring (bicyclic) bond motifs is 1. The lowest BCUT2D eigenvalue weighted by atomic mass is 10.1. The summed E-state index contributed by atoms with van der Waals surface area (Å²) in [5.74, 6) is 0. The van der Waals surface area contributed by atoms with E-state index in [4.69, 9.17) is 0 Å². The fourth-order valence-electron chi connectivity index (χ4n) is 3.54. The molecule has 5 heteroatoms. The number of benzene rings is 3. The van der Waals surface area contributed by atoms with Gasteiger partial charge in [0.15, 0.2) is 0 Å². The highest BCUT2D eigenvalue weighted by Gasteiger charge is 2.23. The highest BCUT2D eigenvalue weighted by Crippen LogP contribution is 2.34. The molecule has 0 radical (unpaired) electrons. The van der Waals surface area contributed by atoms with E-state index in [-0.39, 0.29) is 0 Å². The second-order valence-electron chi connectivity index (χ2n) is 6.74. The maximum Gasteiger partial charge on any atom is 0.207 e. The lowest BCUT2D eigenvalue weighted by molar-refractivity contribution is 0.313. The van der Waals surface area contributed by atoms with Crippen molar-refractivity contribution < 1.29 is 8.42 Å². The highest BCUT2D eigenvalue weighted by molar-refractivity contribution is 7.91. The summed E-state index contributed by atoms with van der Waals surface area (Å²) in [4.78, 5) is 5.36. The molecule has 1 aliphatic rings. The molecule has 0 bridgehead atoms. The van der Waals surface area contributed by atoms with Crippen LogP contribution in [0, 0.1) is 0 Å². The van der Waals surface area contributed by atoms with Crippen LogP contribution >= 0.6 is 0 Å². The molecule has 26 heavy (non-hydrogen) atoms. The summed E-state index contributed by atoms with van der Waals surface area (Å²) < 4.78 is 26.3. The lowest BCUT2D eigenvalue weighted by Crippen LogP contribution is -2.44. The summed E-state index contributed by atoms with van der Waals surface area (Å²) >= 11 is 0. The number of hydrogen-bond acceptors (Lipinski definition) is 4. The minimum Gasteiger partial charge on any atom is -0.368 e. The third-order valence-electron chi connectivity index (χ3n) is 5.05. The maximum atomic E-state index is 13.2. The molecule has 4 nitrogen and oxygen atoms in total. The Morgan fingerprint density at radius 1 is 0.731 bits per heavy atom. The van der Waals surface area contributed by atoms with Gasteiger partial charge in [0.1, 0.15) is 0 Å². The van der Waals surface area contributed by atoms with Gasteiger partial charge in [-0.05, 0) is 31.3 Å². The SMILES string of the molecule is CN1CCN(c2ccc(S(=O)(=O)c3ccccc3)c3ccccc23)CC1. The van der Waals surface area contributed by atoms with Crippen molar-refractivity contribution in [2.45, 2.75) is 9.79 Å². The van der Waals surface area contributed by atoms with Crippen molar-refractivity contribution in [2.24, 2.45) is 0 Å². The summed E-state index contributed by atoms with van der Waals surface area (Å²) in [6, 6.07) is 20.2. The smallest absolute Gasteiger partial charge is 0.207 e. The average Bonchev–Trinajstić information content (AvgIpc) is 2.68. The second-order valence-corrected chi connectivity index (χ2v) is 8.65. The molecule has 0 aromatic heterocycles. The molecule has 0 unspecified atom stereocenters. The van der Waals surface area contributed by atoms with Crippen molar-refractivity contribution in [1.29, 1.82) is 0 Å². The van der Waals surface area contributed by atoms with Gasteiger partial charge in [0.05, 0.1) is 9.79 Å². The van der Waals surface area contributed by atoms with Crippen LogP contribution in [0.15, 0.2) is 76.5 Å². The van der Waals surface area contributed by atoms with Crippen LogP contribution in [0.3, 0.4) is 0 Å². The van der Waals surface area contributed by atoms with Crippen molar-refractivity contribution in [1.82, 2.24) is 4.90 Å². The first-order valence-corrected chi connectivity index (χ1v) is 10.3. The Hall–Kier alpha value is -2.37. The summed E-state index contributed by atoms with van der Waals surface area (Å²) in [6.07, 6.45) is 0. The molecule has 3 aromatic rings. The summed E-state index contributed by atoms with van der Waals surface area (Å²) in [5, 5.41) is 1.78. The number of likely N-dealkylation sites (N-methyl/N-ethyl adjacent to an activating group) is 1. The molecule has 1 fully saturated rings. The summed E-state index contributed by atoms with van der Waals surface area (Å²) in [7, 11) is -1.42. The van der Waals surface area contributed by atoms with Gasteiger partial charge < -0.3 is 9.80 Å². The van der Waals surface area contributed by atoms with Crippen LogP contribution in [0.25, 0.3) is 10.8 Å². The quantitative estimate of drug-likeness (QED) is 0.712. The molecule has 1 saturated heterocycles. The zero-order chi connectivity index (χ0) is 18.1. The normalized spacial score (nSPS) is 16.1. The van der Waals surface area contributed by atoms with Gasteiger partial charge in [0, 0.05) is 42.6 Å². The van der Waals surface area contributed by atoms with E-state index in [0.29, 0.717) is 9.79 Å². The maximum absolute atomic E-state index is 13.2. The standard InChI is InChI=1S/C21H22N2O2S/c1-22-13-15-23(16-14-22)20-11-12-21(19-10-6-5-9-18(19)20)26(24,25)17-7-3-2-4-8-17/h2-12H,13-16H2,1H3. The van der Waals surface area contributed by atoms with Crippen LogP contribution in [0.4, 0.5) is 5.69 Å². The third-order valence-corrected chi connectivity index (χ3v) is 6.88. The van der Waals surface area contributed by atoms with Crippen LogP contribution in [0.2, 0.25) is 0 Å². The second kappa shape index (κ2) is 6.74. The minimum absolute atomic E-state index is 0.331. The number of piperazine rings is 1. The van der Waals surface area contributed by atoms with E-state index in [1.54, 1.807) is 30.3 Å². The number of hydrogen-bond donors (Lipinski definition) is 0. The van der Waals surface area contributed by atoms with E-state index in [0.717, 1.165) is 42.6 Å². The van der Waals surface area contributed by atoms with Gasteiger partial charge in [0.2, 0.25) is 9.84 Å². The van der Waals surface area contributed by atoms with Gasteiger partial charge in [-0.25, -0.2) is 8.42 Å². The van der Waals surface area contributed by atoms with Gasteiger partial charge in [-0.15, -0.1) is 0 Å². The number of nitrogens with zero attached hydrogens (tertiary/aromatic N) is 2. The van der Waals surface area contributed by atoms with Crippen molar-refractivity contribution in [3.63, 3.8) is 0 Å². The topological polar surface area (TPSA) is 40.6 Å². The molecule has 0 atom stereocenters. The molecule has 1 aliphatic heterocycles. The predicted molar refractivity (Wildman–Crippen MR) is 106 cm³/mol. The van der Waals surface area contributed by atoms with Crippen LogP contribution in [-0.2, 0) is 9.84 Å². The van der Waals surface area contributed by atoms with Crippen LogP contribution in [0.5, 0.6) is 0 Å². The van der Waals surface area contributed by atoms with E-state index < -0.39 is 9.84 Å². The van der Waals surface area contributed by atoms with Crippen molar-refractivity contribution in [3.05, 3.63) is 66.7 Å².